The number of hydrogen-bond acceptors (Lipinski definition) is 4. The highest BCUT2D eigenvalue weighted by Gasteiger charge is 2.14. The quantitative estimate of drug-likeness (QED) is 0.640. The van der Waals surface area contributed by atoms with Crippen molar-refractivity contribution in [1.82, 2.24) is 9.97 Å². The summed E-state index contributed by atoms with van der Waals surface area (Å²) in [6, 6.07) is 1.75. The Balaban J connectivity index is 1.78. The number of anilines is 1. The molecule has 0 saturated heterocycles. The van der Waals surface area contributed by atoms with E-state index in [4.69, 9.17) is 16.3 Å². The molecule has 0 bridgehead atoms. The molecule has 0 aromatic carbocycles. The lowest BCUT2D eigenvalue weighted by atomic mass is 10.2. The predicted octanol–water partition coefficient (Wildman–Crippen LogP) is 3.62. The van der Waals surface area contributed by atoms with Gasteiger partial charge in [0.25, 0.3) is 0 Å². The summed E-state index contributed by atoms with van der Waals surface area (Å²) in [4.78, 5) is 8.65. The van der Waals surface area contributed by atoms with Crippen molar-refractivity contribution in [3.8, 4) is 0 Å². The van der Waals surface area contributed by atoms with Crippen LogP contribution in [0.5, 0.6) is 0 Å². The monoisotopic (exact) mass is 283 g/mol. The Bertz CT molecular complexity index is 406. The van der Waals surface area contributed by atoms with Crippen LogP contribution in [-0.2, 0) is 4.74 Å². The molecule has 1 aliphatic carbocycles. The zero-order valence-corrected chi connectivity index (χ0v) is 12.4. The predicted molar refractivity (Wildman–Crippen MR) is 77.8 cm³/mol. The third kappa shape index (κ3) is 4.62. The standard InChI is InChI=1S/C14H22ClN3O/c1-10(2)14-17-12(15)9-13(18-14)16-7-8-19-11-5-3-4-6-11/h9-11H,3-8H2,1-2H3,(H,16,17,18). The van der Waals surface area contributed by atoms with E-state index in [0.29, 0.717) is 17.9 Å². The molecule has 1 aromatic rings. The minimum atomic E-state index is 0.272. The van der Waals surface area contributed by atoms with Crippen molar-refractivity contribution in [3.05, 3.63) is 17.0 Å². The Labute approximate surface area is 119 Å². The molecule has 4 nitrogen and oxygen atoms in total. The van der Waals surface area contributed by atoms with E-state index in [-0.39, 0.29) is 5.92 Å². The van der Waals surface area contributed by atoms with Crippen molar-refractivity contribution in [3.63, 3.8) is 0 Å². The summed E-state index contributed by atoms with van der Waals surface area (Å²) in [7, 11) is 0. The molecular formula is C14H22ClN3O. The van der Waals surface area contributed by atoms with E-state index < -0.39 is 0 Å². The fourth-order valence-corrected chi connectivity index (χ4v) is 2.43. The van der Waals surface area contributed by atoms with Crippen molar-refractivity contribution in [2.45, 2.75) is 51.6 Å². The van der Waals surface area contributed by atoms with Crippen molar-refractivity contribution < 1.29 is 4.74 Å². The highest BCUT2D eigenvalue weighted by molar-refractivity contribution is 6.29. The van der Waals surface area contributed by atoms with Gasteiger partial charge in [-0.05, 0) is 12.8 Å². The molecule has 0 radical (unpaired) electrons. The molecule has 1 fully saturated rings. The number of hydrogen-bond donors (Lipinski definition) is 1. The van der Waals surface area contributed by atoms with Crippen LogP contribution >= 0.6 is 11.6 Å². The Hall–Kier alpha value is -0.870. The summed E-state index contributed by atoms with van der Waals surface area (Å²) in [5.41, 5.74) is 0. The van der Waals surface area contributed by atoms with Gasteiger partial charge in [-0.15, -0.1) is 0 Å². The number of aromatic nitrogens is 2. The van der Waals surface area contributed by atoms with Crippen molar-refractivity contribution in [2.24, 2.45) is 0 Å². The first-order valence-electron chi connectivity index (χ1n) is 7.05. The molecule has 5 heteroatoms. The maximum Gasteiger partial charge on any atom is 0.135 e. The summed E-state index contributed by atoms with van der Waals surface area (Å²) in [6.07, 6.45) is 5.48. The first-order chi connectivity index (χ1) is 9.15. The topological polar surface area (TPSA) is 47.0 Å². The minimum Gasteiger partial charge on any atom is -0.376 e. The van der Waals surface area contributed by atoms with Crippen molar-refractivity contribution >= 4 is 17.4 Å². The first-order valence-corrected chi connectivity index (χ1v) is 7.43. The van der Waals surface area contributed by atoms with Crippen LogP contribution in [0.4, 0.5) is 5.82 Å². The van der Waals surface area contributed by atoms with Gasteiger partial charge in [0.15, 0.2) is 0 Å². The molecule has 1 heterocycles. The molecule has 0 atom stereocenters. The largest absolute Gasteiger partial charge is 0.376 e. The van der Waals surface area contributed by atoms with E-state index >= 15 is 0 Å². The van der Waals surface area contributed by atoms with E-state index in [2.05, 4.69) is 29.1 Å². The van der Waals surface area contributed by atoms with Crippen LogP contribution in [0.1, 0.15) is 51.3 Å². The normalized spacial score (nSPS) is 16.2. The molecule has 19 heavy (non-hydrogen) atoms. The lowest BCUT2D eigenvalue weighted by molar-refractivity contribution is 0.0658. The minimum absolute atomic E-state index is 0.272. The molecule has 1 N–H and O–H groups in total. The lowest BCUT2D eigenvalue weighted by Gasteiger charge is -2.12. The second-order valence-corrected chi connectivity index (χ2v) is 5.68. The van der Waals surface area contributed by atoms with Crippen molar-refractivity contribution in [1.29, 1.82) is 0 Å². The van der Waals surface area contributed by atoms with Gasteiger partial charge in [-0.1, -0.05) is 38.3 Å². The first kappa shape index (κ1) is 14.5. The molecule has 106 valence electrons. The summed E-state index contributed by atoms with van der Waals surface area (Å²) >= 11 is 5.99. The fraction of sp³-hybridized carbons (Fsp3) is 0.714. The Kier molecular flexibility index (Phi) is 5.40. The van der Waals surface area contributed by atoms with E-state index in [0.717, 1.165) is 18.2 Å². The summed E-state index contributed by atoms with van der Waals surface area (Å²) in [5.74, 6) is 1.82. The molecule has 2 rings (SSSR count). The third-order valence-electron chi connectivity index (χ3n) is 3.29. The number of nitrogens with zero attached hydrogens (tertiary/aromatic N) is 2. The molecular weight excluding hydrogens is 262 g/mol. The maximum atomic E-state index is 5.99. The number of rotatable bonds is 6. The Morgan fingerprint density at radius 2 is 2.11 bits per heavy atom. The van der Waals surface area contributed by atoms with Gasteiger partial charge in [0.05, 0.1) is 12.7 Å². The van der Waals surface area contributed by atoms with Gasteiger partial charge in [0.2, 0.25) is 0 Å². The van der Waals surface area contributed by atoms with Crippen LogP contribution in [0.15, 0.2) is 6.07 Å². The average molecular weight is 284 g/mol. The van der Waals surface area contributed by atoms with Gasteiger partial charge in [-0.25, -0.2) is 9.97 Å². The molecule has 0 aliphatic heterocycles. The van der Waals surface area contributed by atoms with E-state index in [1.165, 1.54) is 25.7 Å². The third-order valence-corrected chi connectivity index (χ3v) is 3.49. The SMILES string of the molecule is CC(C)c1nc(Cl)cc(NCCOC2CCCC2)n1. The Morgan fingerprint density at radius 1 is 1.37 bits per heavy atom. The fourth-order valence-electron chi connectivity index (χ4n) is 2.24. The molecule has 1 aliphatic rings. The van der Waals surface area contributed by atoms with E-state index in [1.54, 1.807) is 6.07 Å². The summed E-state index contributed by atoms with van der Waals surface area (Å²) in [6.45, 7) is 5.57. The number of ether oxygens (including phenoxy) is 1. The summed E-state index contributed by atoms with van der Waals surface area (Å²) < 4.78 is 5.79. The van der Waals surface area contributed by atoms with E-state index in [9.17, 15) is 0 Å². The van der Waals surface area contributed by atoms with Gasteiger partial charge in [-0.2, -0.15) is 0 Å². The zero-order valence-electron chi connectivity index (χ0n) is 11.7. The molecule has 0 spiro atoms. The highest BCUT2D eigenvalue weighted by atomic mass is 35.5. The molecule has 1 saturated carbocycles. The van der Waals surface area contributed by atoms with Crippen LogP contribution < -0.4 is 5.32 Å². The zero-order chi connectivity index (χ0) is 13.7. The summed E-state index contributed by atoms with van der Waals surface area (Å²) in [5, 5.41) is 3.73. The van der Waals surface area contributed by atoms with Gasteiger partial charge in [0.1, 0.15) is 16.8 Å². The Morgan fingerprint density at radius 3 is 2.79 bits per heavy atom. The second-order valence-electron chi connectivity index (χ2n) is 5.29. The number of halogens is 1. The molecule has 1 aromatic heterocycles. The van der Waals surface area contributed by atoms with Crippen LogP contribution in [0.3, 0.4) is 0 Å². The smallest absolute Gasteiger partial charge is 0.135 e. The van der Waals surface area contributed by atoms with Crippen LogP contribution in [0.2, 0.25) is 5.15 Å². The van der Waals surface area contributed by atoms with Crippen LogP contribution in [0.25, 0.3) is 0 Å². The van der Waals surface area contributed by atoms with Gasteiger partial charge < -0.3 is 10.1 Å². The van der Waals surface area contributed by atoms with Crippen LogP contribution in [0, 0.1) is 0 Å². The van der Waals surface area contributed by atoms with Gasteiger partial charge in [-0.3, -0.25) is 0 Å². The van der Waals surface area contributed by atoms with Crippen LogP contribution in [-0.4, -0.2) is 29.2 Å². The van der Waals surface area contributed by atoms with E-state index in [1.807, 2.05) is 0 Å². The highest BCUT2D eigenvalue weighted by Crippen LogP contribution is 2.21. The molecule has 0 amide bonds. The number of nitrogens with one attached hydrogen (secondary N) is 1. The lowest BCUT2D eigenvalue weighted by Crippen LogP contribution is -2.16. The molecule has 0 unspecified atom stereocenters. The van der Waals surface area contributed by atoms with Gasteiger partial charge >= 0.3 is 0 Å². The maximum absolute atomic E-state index is 5.99. The van der Waals surface area contributed by atoms with Crippen molar-refractivity contribution in [2.75, 3.05) is 18.5 Å². The van der Waals surface area contributed by atoms with Gasteiger partial charge in [0, 0.05) is 18.5 Å². The second kappa shape index (κ2) is 7.06. The average Bonchev–Trinajstić information content (AvgIpc) is 2.87.